The number of aliphatic hydroxyl groups is 1. The Morgan fingerprint density at radius 3 is 2.81 bits per heavy atom. The predicted molar refractivity (Wildman–Crippen MR) is 116 cm³/mol. The Balaban J connectivity index is 1.69. The molecular formula is C23H21FN4O3. The van der Waals surface area contributed by atoms with E-state index in [0.29, 0.717) is 39.9 Å². The molecule has 0 aliphatic carbocycles. The molecule has 0 amide bonds. The molecule has 0 radical (unpaired) electrons. The Labute approximate surface area is 177 Å². The second kappa shape index (κ2) is 7.63. The Kier molecular flexibility index (Phi) is 4.78. The van der Waals surface area contributed by atoms with Crippen molar-refractivity contribution in [1.82, 2.24) is 15.0 Å². The zero-order valence-electron chi connectivity index (χ0n) is 16.9. The number of phenols is 1. The smallest absolute Gasteiger partial charge is 0.318 e. The van der Waals surface area contributed by atoms with Gasteiger partial charge in [-0.3, -0.25) is 4.98 Å². The van der Waals surface area contributed by atoms with Gasteiger partial charge in [-0.1, -0.05) is 6.07 Å². The normalized spacial score (nSPS) is 16.7. The minimum absolute atomic E-state index is 0.0688. The topological polar surface area (TPSA) is 91.6 Å². The number of aromatic nitrogens is 3. The maximum atomic E-state index is 13.9. The molecule has 7 nitrogen and oxygen atoms in total. The summed E-state index contributed by atoms with van der Waals surface area (Å²) in [6.07, 6.45) is 2.89. The maximum absolute atomic E-state index is 13.9. The SMILES string of the molecule is COc1nc(N2CCCC(O)C2)c2cnc(-c3cc(O)cc4ccc(F)cc34)cc2n1. The third-order valence-electron chi connectivity index (χ3n) is 5.60. The van der Waals surface area contributed by atoms with Crippen molar-refractivity contribution in [3.63, 3.8) is 0 Å². The third-order valence-corrected chi connectivity index (χ3v) is 5.60. The average molecular weight is 420 g/mol. The minimum Gasteiger partial charge on any atom is -0.508 e. The highest BCUT2D eigenvalue weighted by Gasteiger charge is 2.22. The van der Waals surface area contributed by atoms with Gasteiger partial charge in [-0.2, -0.15) is 9.97 Å². The molecule has 1 unspecified atom stereocenters. The highest BCUT2D eigenvalue weighted by atomic mass is 19.1. The van der Waals surface area contributed by atoms with Gasteiger partial charge in [-0.25, -0.2) is 4.39 Å². The summed E-state index contributed by atoms with van der Waals surface area (Å²) in [6.45, 7) is 1.25. The molecule has 0 spiro atoms. The molecule has 2 N–H and O–H groups in total. The highest BCUT2D eigenvalue weighted by Crippen LogP contribution is 2.35. The number of β-amino-alcohol motifs (C(OH)–C–C–N with tert-alkyl or cyclic N) is 1. The van der Waals surface area contributed by atoms with Gasteiger partial charge >= 0.3 is 6.01 Å². The first-order valence-corrected chi connectivity index (χ1v) is 10.1. The molecule has 2 aromatic heterocycles. The van der Waals surface area contributed by atoms with Crippen molar-refractivity contribution in [2.24, 2.45) is 0 Å². The van der Waals surface area contributed by atoms with Gasteiger partial charge in [0, 0.05) is 24.8 Å². The fourth-order valence-corrected chi connectivity index (χ4v) is 4.14. The van der Waals surface area contributed by atoms with E-state index in [2.05, 4.69) is 15.0 Å². The van der Waals surface area contributed by atoms with Gasteiger partial charge in [0.1, 0.15) is 17.4 Å². The molecule has 1 fully saturated rings. The number of pyridine rings is 1. The first-order valence-electron chi connectivity index (χ1n) is 10.1. The lowest BCUT2D eigenvalue weighted by molar-refractivity contribution is 0.154. The summed E-state index contributed by atoms with van der Waals surface area (Å²) in [5.41, 5.74) is 1.76. The van der Waals surface area contributed by atoms with Crippen molar-refractivity contribution in [2.45, 2.75) is 18.9 Å². The van der Waals surface area contributed by atoms with Crippen LogP contribution in [0.15, 0.2) is 42.6 Å². The van der Waals surface area contributed by atoms with E-state index < -0.39 is 6.10 Å². The zero-order chi connectivity index (χ0) is 21.5. The number of piperidine rings is 1. The molecule has 31 heavy (non-hydrogen) atoms. The number of fused-ring (bicyclic) bond motifs is 2. The molecule has 1 aliphatic heterocycles. The van der Waals surface area contributed by atoms with Gasteiger partial charge in [-0.05, 0) is 53.9 Å². The van der Waals surface area contributed by atoms with Crippen LogP contribution in [0.5, 0.6) is 11.8 Å². The number of benzene rings is 2. The molecule has 158 valence electrons. The minimum atomic E-state index is -0.412. The van der Waals surface area contributed by atoms with Crippen LogP contribution in [0.3, 0.4) is 0 Å². The van der Waals surface area contributed by atoms with E-state index in [9.17, 15) is 14.6 Å². The van der Waals surface area contributed by atoms with Crippen molar-refractivity contribution in [3.8, 4) is 23.0 Å². The maximum Gasteiger partial charge on any atom is 0.318 e. The van der Waals surface area contributed by atoms with Crippen molar-refractivity contribution < 1.29 is 19.3 Å². The molecule has 1 atom stereocenters. The van der Waals surface area contributed by atoms with Crippen LogP contribution < -0.4 is 9.64 Å². The summed E-state index contributed by atoms with van der Waals surface area (Å²) < 4.78 is 19.2. The summed E-state index contributed by atoms with van der Waals surface area (Å²) in [5.74, 6) is 0.362. The second-order valence-corrected chi connectivity index (χ2v) is 7.72. The number of aliphatic hydroxyl groups excluding tert-OH is 1. The number of anilines is 1. The standard InChI is InChI=1S/C23H21FN4O3/c1-31-23-26-21-10-20(18-9-16(30)7-13-4-5-14(24)8-17(13)18)25-11-19(21)22(27-23)28-6-2-3-15(29)12-28/h4-5,7-11,15,29-30H,2-3,6,12H2,1H3. The van der Waals surface area contributed by atoms with Crippen molar-refractivity contribution in [1.29, 1.82) is 0 Å². The lowest BCUT2D eigenvalue weighted by atomic mass is 10.0. The van der Waals surface area contributed by atoms with Crippen LogP contribution in [0.25, 0.3) is 32.9 Å². The summed E-state index contributed by atoms with van der Waals surface area (Å²) in [5, 5.41) is 22.4. The molecule has 1 saturated heterocycles. The molecule has 4 aromatic rings. The summed E-state index contributed by atoms with van der Waals surface area (Å²) in [4.78, 5) is 15.6. The molecule has 2 aromatic carbocycles. The van der Waals surface area contributed by atoms with E-state index >= 15 is 0 Å². The largest absolute Gasteiger partial charge is 0.508 e. The van der Waals surface area contributed by atoms with Gasteiger partial charge in [0.25, 0.3) is 0 Å². The number of rotatable bonds is 3. The van der Waals surface area contributed by atoms with Crippen LogP contribution >= 0.6 is 0 Å². The van der Waals surface area contributed by atoms with Gasteiger partial charge < -0.3 is 19.8 Å². The van der Waals surface area contributed by atoms with Gasteiger partial charge in [-0.15, -0.1) is 0 Å². The predicted octanol–water partition coefficient (Wildman–Crippen LogP) is 3.66. The van der Waals surface area contributed by atoms with E-state index in [1.165, 1.54) is 19.2 Å². The van der Waals surface area contributed by atoms with E-state index in [0.717, 1.165) is 24.8 Å². The summed E-state index contributed by atoms with van der Waals surface area (Å²) in [7, 11) is 1.50. The molecule has 3 heterocycles. The van der Waals surface area contributed by atoms with E-state index in [1.807, 2.05) is 4.90 Å². The van der Waals surface area contributed by atoms with Crippen LogP contribution in [0, 0.1) is 5.82 Å². The summed E-state index contributed by atoms with van der Waals surface area (Å²) in [6, 6.07) is 9.56. The van der Waals surface area contributed by atoms with Crippen LogP contribution in [0.1, 0.15) is 12.8 Å². The van der Waals surface area contributed by atoms with Crippen LogP contribution in [0.2, 0.25) is 0 Å². The van der Waals surface area contributed by atoms with Gasteiger partial charge in [0.05, 0.1) is 29.8 Å². The fraction of sp³-hybridized carbons (Fsp3) is 0.261. The third kappa shape index (κ3) is 3.59. The molecular weight excluding hydrogens is 399 g/mol. The number of halogens is 1. The Bertz CT molecular complexity index is 1300. The lowest BCUT2D eigenvalue weighted by Gasteiger charge is -2.31. The highest BCUT2D eigenvalue weighted by molar-refractivity contribution is 5.99. The molecule has 0 bridgehead atoms. The number of ether oxygens (including phenoxy) is 1. The van der Waals surface area contributed by atoms with Crippen LogP contribution in [-0.4, -0.2) is 51.5 Å². The van der Waals surface area contributed by atoms with Crippen molar-refractivity contribution in [2.75, 3.05) is 25.1 Å². The fourth-order valence-electron chi connectivity index (χ4n) is 4.14. The Morgan fingerprint density at radius 2 is 2.00 bits per heavy atom. The van der Waals surface area contributed by atoms with Crippen molar-refractivity contribution >= 4 is 27.5 Å². The molecule has 0 saturated carbocycles. The number of phenolic OH excluding ortho intramolecular Hbond substituents is 1. The number of aromatic hydroxyl groups is 1. The number of hydrogen-bond acceptors (Lipinski definition) is 7. The molecule has 8 heteroatoms. The first-order chi connectivity index (χ1) is 15.0. The molecule has 1 aliphatic rings. The zero-order valence-corrected chi connectivity index (χ0v) is 16.9. The van der Waals surface area contributed by atoms with E-state index in [4.69, 9.17) is 4.74 Å². The number of methoxy groups -OCH3 is 1. The Morgan fingerprint density at radius 1 is 1.13 bits per heavy atom. The second-order valence-electron chi connectivity index (χ2n) is 7.72. The molecule has 5 rings (SSSR count). The summed E-state index contributed by atoms with van der Waals surface area (Å²) >= 11 is 0. The van der Waals surface area contributed by atoms with Gasteiger partial charge in [0.15, 0.2) is 0 Å². The lowest BCUT2D eigenvalue weighted by Crippen LogP contribution is -2.38. The monoisotopic (exact) mass is 420 g/mol. The van der Waals surface area contributed by atoms with E-state index in [-0.39, 0.29) is 17.6 Å². The van der Waals surface area contributed by atoms with Crippen LogP contribution in [-0.2, 0) is 0 Å². The van der Waals surface area contributed by atoms with Gasteiger partial charge in [0.2, 0.25) is 0 Å². The average Bonchev–Trinajstić information content (AvgIpc) is 2.77. The first kappa shape index (κ1) is 19.4. The Hall–Kier alpha value is -3.52. The van der Waals surface area contributed by atoms with Crippen molar-refractivity contribution in [3.05, 3.63) is 48.4 Å². The van der Waals surface area contributed by atoms with E-state index in [1.54, 1.807) is 30.5 Å². The number of hydrogen-bond donors (Lipinski definition) is 2. The van der Waals surface area contributed by atoms with Crippen LogP contribution in [0.4, 0.5) is 10.2 Å². The number of nitrogens with zero attached hydrogens (tertiary/aromatic N) is 4. The quantitative estimate of drug-likeness (QED) is 0.523.